The van der Waals surface area contributed by atoms with Crippen molar-refractivity contribution in [1.82, 2.24) is 9.97 Å². The van der Waals surface area contributed by atoms with Crippen molar-refractivity contribution < 1.29 is 23.4 Å². The molecule has 32 heavy (non-hydrogen) atoms. The standard InChI is InChI=1S/C25H19F3N2O2/c1-2-25(28,23-7-3-5-19(29-23)17-13-15(26)9-11-21(17)31)24-8-4-6-20(30-24)18-14-16(27)10-12-22(18)32/h3-14,31-32H,2H2,1H3. The molecule has 2 aromatic carbocycles. The number of pyridine rings is 2. The van der Waals surface area contributed by atoms with E-state index in [0.29, 0.717) is 0 Å². The molecule has 4 nitrogen and oxygen atoms in total. The molecule has 0 aliphatic rings. The summed E-state index contributed by atoms with van der Waals surface area (Å²) < 4.78 is 43.7. The molecule has 0 saturated heterocycles. The first-order chi connectivity index (χ1) is 15.3. The van der Waals surface area contributed by atoms with E-state index >= 15 is 4.39 Å². The lowest BCUT2D eigenvalue weighted by molar-refractivity contribution is 0.201. The van der Waals surface area contributed by atoms with Crippen LogP contribution in [0.2, 0.25) is 0 Å². The molecule has 0 bridgehead atoms. The molecule has 2 aromatic heterocycles. The Balaban J connectivity index is 1.81. The van der Waals surface area contributed by atoms with Crippen molar-refractivity contribution in [3.05, 3.63) is 95.8 Å². The van der Waals surface area contributed by atoms with Crippen molar-refractivity contribution in [3.63, 3.8) is 0 Å². The minimum atomic E-state index is -2.13. The lowest BCUT2D eigenvalue weighted by Crippen LogP contribution is -2.24. The molecule has 0 saturated carbocycles. The van der Waals surface area contributed by atoms with E-state index in [0.717, 1.165) is 24.3 Å². The van der Waals surface area contributed by atoms with Crippen molar-refractivity contribution in [1.29, 1.82) is 0 Å². The van der Waals surface area contributed by atoms with E-state index in [-0.39, 0.29) is 51.8 Å². The second-order valence-corrected chi connectivity index (χ2v) is 7.29. The van der Waals surface area contributed by atoms with Gasteiger partial charge < -0.3 is 10.2 Å². The van der Waals surface area contributed by atoms with Crippen LogP contribution < -0.4 is 0 Å². The van der Waals surface area contributed by atoms with Gasteiger partial charge in [0.25, 0.3) is 0 Å². The number of alkyl halides is 1. The summed E-state index contributed by atoms with van der Waals surface area (Å²) in [6.45, 7) is 1.63. The third-order valence-electron chi connectivity index (χ3n) is 5.27. The van der Waals surface area contributed by atoms with Crippen LogP contribution in [0.5, 0.6) is 11.5 Å². The first-order valence-corrected chi connectivity index (χ1v) is 9.93. The Labute approximate surface area is 182 Å². The number of aromatic hydroxyl groups is 2. The molecule has 0 unspecified atom stereocenters. The molecule has 0 fully saturated rings. The number of phenols is 2. The third kappa shape index (κ3) is 3.89. The molecule has 0 aliphatic heterocycles. The molecule has 0 spiro atoms. The number of nitrogens with zero attached hydrogens (tertiary/aromatic N) is 2. The summed E-state index contributed by atoms with van der Waals surface area (Å²) in [7, 11) is 0. The van der Waals surface area contributed by atoms with Crippen molar-refractivity contribution in [2.75, 3.05) is 0 Å². The Morgan fingerprint density at radius 2 is 1.16 bits per heavy atom. The maximum absolute atomic E-state index is 16.3. The fourth-order valence-corrected chi connectivity index (χ4v) is 3.53. The molecule has 0 radical (unpaired) electrons. The Hall–Kier alpha value is -3.87. The van der Waals surface area contributed by atoms with Crippen molar-refractivity contribution in [2.24, 2.45) is 0 Å². The van der Waals surface area contributed by atoms with Crippen LogP contribution >= 0.6 is 0 Å². The second-order valence-electron chi connectivity index (χ2n) is 7.29. The van der Waals surface area contributed by atoms with Gasteiger partial charge in [-0.2, -0.15) is 0 Å². The first-order valence-electron chi connectivity index (χ1n) is 9.93. The van der Waals surface area contributed by atoms with Gasteiger partial charge in [0.2, 0.25) is 0 Å². The van der Waals surface area contributed by atoms with Gasteiger partial charge in [-0.15, -0.1) is 0 Å². The Kier molecular flexibility index (Phi) is 5.57. The lowest BCUT2D eigenvalue weighted by atomic mass is 9.92. The summed E-state index contributed by atoms with van der Waals surface area (Å²) >= 11 is 0. The van der Waals surface area contributed by atoms with Crippen LogP contribution in [0.4, 0.5) is 13.2 Å². The van der Waals surface area contributed by atoms with Crippen LogP contribution in [0.15, 0.2) is 72.8 Å². The maximum atomic E-state index is 16.3. The molecule has 4 aromatic rings. The van der Waals surface area contributed by atoms with Gasteiger partial charge in [0, 0.05) is 11.1 Å². The van der Waals surface area contributed by atoms with E-state index in [2.05, 4.69) is 9.97 Å². The zero-order chi connectivity index (χ0) is 22.9. The minimum absolute atomic E-state index is 0.0225. The number of hydrogen-bond acceptors (Lipinski definition) is 4. The summed E-state index contributed by atoms with van der Waals surface area (Å²) in [6, 6.07) is 16.1. The predicted molar refractivity (Wildman–Crippen MR) is 115 cm³/mol. The summed E-state index contributed by atoms with van der Waals surface area (Å²) in [5.74, 6) is -1.48. The van der Waals surface area contributed by atoms with E-state index in [1.807, 2.05) is 0 Å². The van der Waals surface area contributed by atoms with Gasteiger partial charge in [-0.05, 0) is 67.1 Å². The highest BCUT2D eigenvalue weighted by atomic mass is 19.1. The van der Waals surface area contributed by atoms with E-state index in [1.54, 1.807) is 31.2 Å². The monoisotopic (exact) mass is 436 g/mol. The first kappa shape index (κ1) is 21.4. The summed E-state index contributed by atoms with van der Waals surface area (Å²) in [4.78, 5) is 8.69. The van der Waals surface area contributed by atoms with Gasteiger partial charge in [0.15, 0.2) is 5.67 Å². The van der Waals surface area contributed by atoms with Crippen molar-refractivity contribution in [3.8, 4) is 34.0 Å². The summed E-state index contributed by atoms with van der Waals surface area (Å²) in [5, 5.41) is 20.2. The third-order valence-corrected chi connectivity index (χ3v) is 5.27. The van der Waals surface area contributed by atoms with Crippen molar-refractivity contribution in [2.45, 2.75) is 19.0 Å². The van der Waals surface area contributed by atoms with Crippen LogP contribution in [0.1, 0.15) is 24.7 Å². The van der Waals surface area contributed by atoms with Gasteiger partial charge >= 0.3 is 0 Å². The molecule has 162 valence electrons. The molecule has 2 heterocycles. The van der Waals surface area contributed by atoms with Gasteiger partial charge in [0.1, 0.15) is 23.1 Å². The SMILES string of the molecule is CCC(F)(c1cccc(-c2cc(F)ccc2O)n1)c1cccc(-c2cc(F)ccc2O)n1. The number of halogens is 3. The Morgan fingerprint density at radius 3 is 1.56 bits per heavy atom. The average molecular weight is 436 g/mol. The second kappa shape index (κ2) is 8.34. The zero-order valence-corrected chi connectivity index (χ0v) is 17.1. The van der Waals surface area contributed by atoms with E-state index in [4.69, 9.17) is 0 Å². The average Bonchev–Trinajstić information content (AvgIpc) is 2.81. The molecular weight excluding hydrogens is 417 g/mol. The van der Waals surface area contributed by atoms with Gasteiger partial charge in [-0.3, -0.25) is 0 Å². The summed E-state index contributed by atoms with van der Waals surface area (Å²) in [6.07, 6.45) is -0.0236. The Bertz CT molecular complexity index is 1200. The van der Waals surface area contributed by atoms with E-state index in [9.17, 15) is 19.0 Å². The molecule has 4 rings (SSSR count). The summed E-state index contributed by atoms with van der Waals surface area (Å²) in [5.41, 5.74) is -1.41. The number of rotatable bonds is 5. The number of benzene rings is 2. The highest BCUT2D eigenvalue weighted by Gasteiger charge is 2.36. The maximum Gasteiger partial charge on any atom is 0.194 e. The normalized spacial score (nSPS) is 11.5. The number of aromatic nitrogens is 2. The molecule has 0 amide bonds. The van der Waals surface area contributed by atoms with E-state index < -0.39 is 17.3 Å². The fourth-order valence-electron chi connectivity index (χ4n) is 3.53. The van der Waals surface area contributed by atoms with Crippen LogP contribution in [-0.4, -0.2) is 20.2 Å². The van der Waals surface area contributed by atoms with Gasteiger partial charge in [-0.25, -0.2) is 23.1 Å². The highest BCUT2D eigenvalue weighted by molar-refractivity contribution is 5.68. The van der Waals surface area contributed by atoms with Gasteiger partial charge in [-0.1, -0.05) is 19.1 Å². The van der Waals surface area contributed by atoms with Crippen molar-refractivity contribution >= 4 is 0 Å². The van der Waals surface area contributed by atoms with Crippen LogP contribution in [0.25, 0.3) is 22.5 Å². The molecule has 2 N–H and O–H groups in total. The zero-order valence-electron chi connectivity index (χ0n) is 17.1. The van der Waals surface area contributed by atoms with Crippen LogP contribution in [-0.2, 0) is 5.67 Å². The minimum Gasteiger partial charge on any atom is -0.507 e. The smallest absolute Gasteiger partial charge is 0.194 e. The number of hydrogen-bond donors (Lipinski definition) is 2. The predicted octanol–water partition coefficient (Wildman–Crippen LogP) is 6.12. The van der Waals surface area contributed by atoms with Crippen LogP contribution in [0, 0.1) is 11.6 Å². The topological polar surface area (TPSA) is 66.2 Å². The molecular formula is C25H19F3N2O2. The van der Waals surface area contributed by atoms with Crippen LogP contribution in [0.3, 0.4) is 0 Å². The van der Waals surface area contributed by atoms with E-state index in [1.165, 1.54) is 24.3 Å². The quantitative estimate of drug-likeness (QED) is 0.395. The Morgan fingerprint density at radius 1 is 0.719 bits per heavy atom. The molecule has 0 atom stereocenters. The lowest BCUT2D eigenvalue weighted by Gasteiger charge is -2.24. The fraction of sp³-hybridized carbons (Fsp3) is 0.120. The molecule has 7 heteroatoms. The van der Waals surface area contributed by atoms with Gasteiger partial charge in [0.05, 0.1) is 22.8 Å². The molecule has 0 aliphatic carbocycles. The number of phenolic OH excluding ortho intramolecular Hbond substituents is 2. The largest absolute Gasteiger partial charge is 0.507 e. The highest BCUT2D eigenvalue weighted by Crippen LogP contribution is 2.38.